The number of nitrogens with zero attached hydrogens (tertiary/aromatic N) is 3. The van der Waals surface area contributed by atoms with Crippen molar-refractivity contribution in [3.8, 4) is 0 Å². The fourth-order valence-corrected chi connectivity index (χ4v) is 3.01. The van der Waals surface area contributed by atoms with Crippen LogP contribution in [0, 0.1) is 12.7 Å². The van der Waals surface area contributed by atoms with Crippen LogP contribution in [0.25, 0.3) is 0 Å². The molecule has 0 aliphatic carbocycles. The van der Waals surface area contributed by atoms with Crippen LogP contribution in [0.3, 0.4) is 0 Å². The zero-order valence-corrected chi connectivity index (χ0v) is 18.6. The Kier molecular flexibility index (Phi) is 10.8. The molecule has 6 heteroatoms. The zero-order chi connectivity index (χ0) is 22.7. The van der Waals surface area contributed by atoms with Gasteiger partial charge in [0, 0.05) is 37.9 Å². The van der Waals surface area contributed by atoms with Crippen LogP contribution in [0.15, 0.2) is 60.0 Å². The molecule has 2 rings (SSSR count). The second-order valence-electron chi connectivity index (χ2n) is 7.43. The number of rotatable bonds is 6. The van der Waals surface area contributed by atoms with Crippen molar-refractivity contribution in [2.75, 3.05) is 26.2 Å². The summed E-state index contributed by atoms with van der Waals surface area (Å²) in [5.74, 6) is 0.0306. The van der Waals surface area contributed by atoms with E-state index in [4.69, 9.17) is 5.11 Å². The second kappa shape index (κ2) is 12.8. The standard InChI is InChI=1S/C17H23FN2O.C7H11NO/c1-4-17(21)20-10-9-19(12-14(20)3)8-7-15-6-5-13(2)16(18)11-15;1-4-7(9)5-8-6(2)3/h4-6,11,14H,1,7-10,12H2,2-3H3;4-5,9H,2H2,1,3H3/b;7-4+,8-5?/t14-;/m1./s1. The normalized spacial score (nSPS) is 17.4. The molecule has 1 aliphatic heterocycles. The van der Waals surface area contributed by atoms with Gasteiger partial charge in [-0.25, -0.2) is 4.39 Å². The highest BCUT2D eigenvalue weighted by Gasteiger charge is 2.25. The van der Waals surface area contributed by atoms with E-state index in [1.54, 1.807) is 32.9 Å². The molecule has 1 aromatic carbocycles. The first kappa shape index (κ1) is 25.3. The van der Waals surface area contributed by atoms with Crippen molar-refractivity contribution in [3.63, 3.8) is 0 Å². The summed E-state index contributed by atoms with van der Waals surface area (Å²) in [4.78, 5) is 19.6. The van der Waals surface area contributed by atoms with Crippen molar-refractivity contribution in [1.29, 1.82) is 0 Å². The lowest BCUT2D eigenvalue weighted by Crippen LogP contribution is -2.53. The Morgan fingerprint density at radius 1 is 1.40 bits per heavy atom. The minimum absolute atomic E-state index is 0.00255. The summed E-state index contributed by atoms with van der Waals surface area (Å²) >= 11 is 0. The molecule has 1 fully saturated rings. The predicted octanol–water partition coefficient (Wildman–Crippen LogP) is 4.45. The third-order valence-electron chi connectivity index (χ3n) is 4.84. The maximum Gasteiger partial charge on any atom is 0.246 e. The molecule has 1 aromatic rings. The average molecular weight is 416 g/mol. The topological polar surface area (TPSA) is 56.1 Å². The molecule has 0 saturated carbocycles. The van der Waals surface area contributed by atoms with Crippen molar-refractivity contribution in [1.82, 2.24) is 9.80 Å². The fourth-order valence-electron chi connectivity index (χ4n) is 3.01. The summed E-state index contributed by atoms with van der Waals surface area (Å²) in [5, 5.41) is 8.78. The van der Waals surface area contributed by atoms with Gasteiger partial charge in [0.15, 0.2) is 0 Å². The number of amides is 1. The van der Waals surface area contributed by atoms with Crippen LogP contribution in [0.5, 0.6) is 0 Å². The first-order chi connectivity index (χ1) is 14.2. The lowest BCUT2D eigenvalue weighted by Gasteiger charge is -2.39. The largest absolute Gasteiger partial charge is 0.507 e. The van der Waals surface area contributed by atoms with Crippen LogP contribution in [-0.4, -0.2) is 59.2 Å². The van der Waals surface area contributed by atoms with Crippen LogP contribution in [0.1, 0.15) is 31.9 Å². The van der Waals surface area contributed by atoms with Crippen LogP contribution < -0.4 is 0 Å². The maximum atomic E-state index is 13.5. The van der Waals surface area contributed by atoms with Crippen molar-refractivity contribution < 1.29 is 14.3 Å². The van der Waals surface area contributed by atoms with Crippen LogP contribution in [0.4, 0.5) is 4.39 Å². The summed E-state index contributed by atoms with van der Waals surface area (Å²) in [7, 11) is 0. The van der Waals surface area contributed by atoms with E-state index in [2.05, 4.69) is 30.0 Å². The average Bonchev–Trinajstić information content (AvgIpc) is 2.72. The number of carbonyl (C=O) groups is 1. The molecule has 0 aromatic heterocycles. The number of benzene rings is 1. The molecule has 1 atom stereocenters. The van der Waals surface area contributed by atoms with E-state index in [9.17, 15) is 9.18 Å². The quantitative estimate of drug-likeness (QED) is 0.424. The molecule has 164 valence electrons. The number of allylic oxidation sites excluding steroid dienone is 3. The lowest BCUT2D eigenvalue weighted by molar-refractivity contribution is -0.130. The van der Waals surface area contributed by atoms with E-state index in [-0.39, 0.29) is 23.5 Å². The molecule has 0 unspecified atom stereocenters. The first-order valence-corrected chi connectivity index (χ1v) is 10.1. The smallest absolute Gasteiger partial charge is 0.246 e. The monoisotopic (exact) mass is 415 g/mol. The summed E-state index contributed by atoms with van der Waals surface area (Å²) in [6, 6.07) is 5.63. The van der Waals surface area contributed by atoms with Gasteiger partial charge in [0.2, 0.25) is 5.91 Å². The Balaban J connectivity index is 0.000000424. The van der Waals surface area contributed by atoms with Gasteiger partial charge in [-0.1, -0.05) is 25.3 Å². The summed E-state index contributed by atoms with van der Waals surface area (Å²) in [5.41, 5.74) is 2.39. The highest BCUT2D eigenvalue weighted by molar-refractivity contribution is 5.87. The summed E-state index contributed by atoms with van der Waals surface area (Å²) in [6.07, 6.45) is 5.13. The van der Waals surface area contributed by atoms with Gasteiger partial charge in [-0.15, -0.1) is 0 Å². The fraction of sp³-hybridized carbons (Fsp3) is 0.417. The Morgan fingerprint density at radius 3 is 2.63 bits per heavy atom. The highest BCUT2D eigenvalue weighted by Crippen LogP contribution is 2.13. The van der Waals surface area contributed by atoms with Gasteiger partial charge in [0.1, 0.15) is 11.6 Å². The summed E-state index contributed by atoms with van der Waals surface area (Å²) in [6.45, 7) is 17.7. The molecule has 1 heterocycles. The van der Waals surface area contributed by atoms with Gasteiger partial charge in [0.05, 0.1) is 6.21 Å². The van der Waals surface area contributed by atoms with E-state index < -0.39 is 0 Å². The molecule has 5 nitrogen and oxygen atoms in total. The van der Waals surface area contributed by atoms with Crippen molar-refractivity contribution in [2.24, 2.45) is 4.99 Å². The van der Waals surface area contributed by atoms with Gasteiger partial charge in [-0.3, -0.25) is 14.7 Å². The molecule has 1 amide bonds. The van der Waals surface area contributed by atoms with E-state index in [1.165, 1.54) is 12.3 Å². The molecule has 30 heavy (non-hydrogen) atoms. The van der Waals surface area contributed by atoms with Crippen LogP contribution >= 0.6 is 0 Å². The second-order valence-corrected chi connectivity index (χ2v) is 7.43. The lowest BCUT2D eigenvalue weighted by atomic mass is 10.1. The summed E-state index contributed by atoms with van der Waals surface area (Å²) < 4.78 is 13.5. The molecule has 0 bridgehead atoms. The van der Waals surface area contributed by atoms with Gasteiger partial charge >= 0.3 is 0 Å². The number of aliphatic hydroxyl groups is 1. The molecule has 1 aliphatic rings. The number of halogens is 1. The van der Waals surface area contributed by atoms with E-state index in [0.29, 0.717) is 11.3 Å². The number of hydrogen-bond donors (Lipinski definition) is 1. The number of carbonyl (C=O) groups excluding carboxylic acids is 1. The van der Waals surface area contributed by atoms with Gasteiger partial charge in [-0.05, 0) is 63.5 Å². The zero-order valence-electron chi connectivity index (χ0n) is 18.6. The molecule has 1 saturated heterocycles. The number of piperazine rings is 1. The molecule has 1 N–H and O–H groups in total. The Labute approximate surface area is 179 Å². The molecular formula is C24H34FN3O2. The number of aliphatic imine (C=N–C) groups is 1. The highest BCUT2D eigenvalue weighted by atomic mass is 19.1. The Morgan fingerprint density at radius 2 is 2.10 bits per heavy atom. The van der Waals surface area contributed by atoms with E-state index in [1.807, 2.05) is 17.0 Å². The predicted molar refractivity (Wildman–Crippen MR) is 122 cm³/mol. The number of aryl methyl sites for hydroxylation is 1. The first-order valence-electron chi connectivity index (χ1n) is 10.1. The minimum atomic E-state index is -0.137. The molecular weight excluding hydrogens is 381 g/mol. The minimum Gasteiger partial charge on any atom is -0.507 e. The SMILES string of the molecule is C=C(C)N=C/C(O)=C\C.C=CC(=O)N1CCN(CCc2ccc(C)c(F)c2)C[C@H]1C. The Hall–Kier alpha value is -2.73. The van der Waals surface area contributed by atoms with Gasteiger partial charge < -0.3 is 10.0 Å². The number of aliphatic hydroxyl groups excluding tert-OH is 1. The maximum absolute atomic E-state index is 13.5. The third kappa shape index (κ3) is 8.74. The van der Waals surface area contributed by atoms with E-state index >= 15 is 0 Å². The third-order valence-corrected chi connectivity index (χ3v) is 4.84. The van der Waals surface area contributed by atoms with Crippen LogP contribution in [-0.2, 0) is 11.2 Å². The van der Waals surface area contributed by atoms with Crippen molar-refractivity contribution in [2.45, 2.75) is 40.2 Å². The molecule has 0 spiro atoms. The van der Waals surface area contributed by atoms with Crippen molar-refractivity contribution >= 4 is 12.1 Å². The molecule has 0 radical (unpaired) electrons. The van der Waals surface area contributed by atoms with Crippen molar-refractivity contribution in [3.05, 3.63) is 71.9 Å². The van der Waals surface area contributed by atoms with E-state index in [0.717, 1.165) is 38.2 Å². The van der Waals surface area contributed by atoms with Gasteiger partial charge in [0.25, 0.3) is 0 Å². The van der Waals surface area contributed by atoms with Gasteiger partial charge in [-0.2, -0.15) is 0 Å². The Bertz CT molecular complexity index is 802. The van der Waals surface area contributed by atoms with Crippen LogP contribution in [0.2, 0.25) is 0 Å². The number of hydrogen-bond acceptors (Lipinski definition) is 4.